The predicted molar refractivity (Wildman–Crippen MR) is 87.4 cm³/mol. The molecule has 1 fully saturated rings. The van der Waals surface area contributed by atoms with E-state index < -0.39 is 0 Å². The van der Waals surface area contributed by atoms with Gasteiger partial charge in [-0.3, -0.25) is 0 Å². The average molecular weight is 358 g/mol. The van der Waals surface area contributed by atoms with Gasteiger partial charge in [0.05, 0.1) is 0 Å². The second-order valence-corrected chi connectivity index (χ2v) is 6.38. The number of rotatable bonds is 3. The van der Waals surface area contributed by atoms with Crippen LogP contribution in [0.5, 0.6) is 0 Å². The van der Waals surface area contributed by atoms with Crippen molar-refractivity contribution in [3.8, 4) is 0 Å². The van der Waals surface area contributed by atoms with E-state index in [0.29, 0.717) is 5.54 Å². The fourth-order valence-electron chi connectivity index (χ4n) is 2.82. The molecule has 1 saturated heterocycles. The molecule has 0 unspecified atom stereocenters. The summed E-state index contributed by atoms with van der Waals surface area (Å²) in [6.45, 7) is 10.2. The fraction of sp³-hybridized carbons (Fsp3) is 0.600. The molecule has 100 valence electrons. The van der Waals surface area contributed by atoms with Crippen LogP contribution in [0, 0.1) is 10.5 Å². The van der Waals surface area contributed by atoms with Gasteiger partial charge in [0.2, 0.25) is 0 Å². The summed E-state index contributed by atoms with van der Waals surface area (Å²) in [5.74, 6) is 0. The summed E-state index contributed by atoms with van der Waals surface area (Å²) in [6, 6.07) is 6.62. The van der Waals surface area contributed by atoms with Crippen molar-refractivity contribution in [2.45, 2.75) is 39.2 Å². The Labute approximate surface area is 124 Å². The summed E-state index contributed by atoms with van der Waals surface area (Å²) in [5.41, 5.74) is 3.13. The molecule has 0 amide bonds. The molecule has 0 radical (unpaired) electrons. The topological polar surface area (TPSA) is 15.3 Å². The number of nitrogens with one attached hydrogen (secondary N) is 1. The van der Waals surface area contributed by atoms with E-state index in [1.807, 2.05) is 0 Å². The van der Waals surface area contributed by atoms with Crippen LogP contribution in [0.2, 0.25) is 0 Å². The molecular formula is C15H23IN2. The molecule has 0 spiro atoms. The number of hydrogen-bond acceptors (Lipinski definition) is 2. The highest BCUT2D eigenvalue weighted by atomic mass is 127. The van der Waals surface area contributed by atoms with Gasteiger partial charge in [0.1, 0.15) is 0 Å². The largest absolute Gasteiger partial charge is 0.368 e. The molecule has 3 heteroatoms. The second kappa shape index (κ2) is 5.78. The molecule has 0 aromatic heterocycles. The number of nitrogens with zero attached hydrogens (tertiary/aromatic N) is 1. The number of halogens is 1. The van der Waals surface area contributed by atoms with Crippen LogP contribution < -0.4 is 10.2 Å². The molecular weight excluding hydrogens is 335 g/mol. The molecule has 0 saturated carbocycles. The zero-order chi connectivity index (χ0) is 13.2. The van der Waals surface area contributed by atoms with E-state index >= 15 is 0 Å². The summed E-state index contributed by atoms with van der Waals surface area (Å²) in [7, 11) is 0. The Morgan fingerprint density at radius 2 is 2.06 bits per heavy atom. The van der Waals surface area contributed by atoms with Crippen LogP contribution in [-0.2, 0) is 0 Å². The van der Waals surface area contributed by atoms with Gasteiger partial charge in [-0.15, -0.1) is 0 Å². The molecule has 1 aliphatic heterocycles. The molecule has 18 heavy (non-hydrogen) atoms. The highest BCUT2D eigenvalue weighted by Crippen LogP contribution is 2.29. The van der Waals surface area contributed by atoms with Crippen LogP contribution in [0.4, 0.5) is 5.69 Å². The van der Waals surface area contributed by atoms with Crippen LogP contribution in [0.15, 0.2) is 18.2 Å². The first-order valence-corrected chi connectivity index (χ1v) is 7.95. The Kier molecular flexibility index (Phi) is 4.54. The molecule has 1 N–H and O–H groups in total. The van der Waals surface area contributed by atoms with E-state index in [9.17, 15) is 0 Å². The van der Waals surface area contributed by atoms with E-state index in [-0.39, 0.29) is 0 Å². The van der Waals surface area contributed by atoms with E-state index in [1.54, 1.807) is 0 Å². The highest BCUT2D eigenvalue weighted by Gasteiger charge is 2.32. The lowest BCUT2D eigenvalue weighted by Crippen LogP contribution is -2.60. The summed E-state index contributed by atoms with van der Waals surface area (Å²) in [5, 5.41) is 3.72. The van der Waals surface area contributed by atoms with Gasteiger partial charge in [-0.05, 0) is 60.1 Å². The van der Waals surface area contributed by atoms with Crippen LogP contribution in [0.1, 0.15) is 32.3 Å². The summed E-state index contributed by atoms with van der Waals surface area (Å²) in [6.07, 6.45) is 2.39. The van der Waals surface area contributed by atoms with Crippen molar-refractivity contribution in [1.82, 2.24) is 5.32 Å². The molecule has 0 bridgehead atoms. The van der Waals surface area contributed by atoms with E-state index in [0.717, 1.165) is 19.6 Å². The van der Waals surface area contributed by atoms with Crippen molar-refractivity contribution in [1.29, 1.82) is 0 Å². The molecule has 2 rings (SSSR count). The Hall–Kier alpha value is -0.290. The van der Waals surface area contributed by atoms with E-state index in [1.165, 1.54) is 27.7 Å². The minimum atomic E-state index is 0.298. The number of hydrogen-bond donors (Lipinski definition) is 1. The van der Waals surface area contributed by atoms with Crippen molar-refractivity contribution in [3.63, 3.8) is 0 Å². The molecule has 2 nitrogen and oxygen atoms in total. The monoisotopic (exact) mass is 358 g/mol. The molecule has 0 aliphatic carbocycles. The van der Waals surface area contributed by atoms with Crippen LogP contribution in [-0.4, -0.2) is 25.2 Å². The van der Waals surface area contributed by atoms with Crippen LogP contribution in [0.3, 0.4) is 0 Å². The van der Waals surface area contributed by atoms with Crippen molar-refractivity contribution in [2.24, 2.45) is 0 Å². The maximum Gasteiger partial charge on any atom is 0.0407 e. The molecule has 1 aliphatic rings. The number of piperazine rings is 1. The number of benzene rings is 1. The third-order valence-corrected chi connectivity index (χ3v) is 5.48. The Balaban J connectivity index is 2.26. The smallest absolute Gasteiger partial charge is 0.0407 e. The van der Waals surface area contributed by atoms with Gasteiger partial charge in [0, 0.05) is 34.4 Å². The molecule has 1 aromatic rings. The van der Waals surface area contributed by atoms with Gasteiger partial charge >= 0.3 is 0 Å². The maximum atomic E-state index is 3.72. The Morgan fingerprint density at radius 3 is 2.72 bits per heavy atom. The molecule has 1 heterocycles. The molecule has 0 atom stereocenters. The first-order chi connectivity index (χ1) is 8.62. The first-order valence-electron chi connectivity index (χ1n) is 6.87. The van der Waals surface area contributed by atoms with Gasteiger partial charge in [0.25, 0.3) is 0 Å². The standard InChI is InChI=1S/C15H23IN2/c1-4-15(5-2)11-18(10-9-17-15)14-8-6-7-13(16)12(14)3/h6-8,17H,4-5,9-11H2,1-3H3. The SMILES string of the molecule is CCC1(CC)CN(c2cccc(I)c2C)CCN1. The minimum Gasteiger partial charge on any atom is -0.368 e. The van der Waals surface area contributed by atoms with Crippen molar-refractivity contribution in [3.05, 3.63) is 27.3 Å². The highest BCUT2D eigenvalue weighted by molar-refractivity contribution is 14.1. The molecule has 1 aromatic carbocycles. The van der Waals surface area contributed by atoms with Gasteiger partial charge in [0.15, 0.2) is 0 Å². The van der Waals surface area contributed by atoms with Crippen LogP contribution >= 0.6 is 22.6 Å². The lowest BCUT2D eigenvalue weighted by atomic mass is 9.90. The average Bonchev–Trinajstić information content (AvgIpc) is 2.42. The van der Waals surface area contributed by atoms with Crippen molar-refractivity contribution >= 4 is 28.3 Å². The quantitative estimate of drug-likeness (QED) is 0.832. The third-order valence-electron chi connectivity index (χ3n) is 4.31. The summed E-state index contributed by atoms with van der Waals surface area (Å²) < 4.78 is 1.36. The van der Waals surface area contributed by atoms with Crippen LogP contribution in [0.25, 0.3) is 0 Å². The Bertz CT molecular complexity index is 413. The third kappa shape index (κ3) is 2.67. The summed E-state index contributed by atoms with van der Waals surface area (Å²) >= 11 is 2.43. The lowest BCUT2D eigenvalue weighted by Gasteiger charge is -2.44. The van der Waals surface area contributed by atoms with Gasteiger partial charge in [-0.2, -0.15) is 0 Å². The number of anilines is 1. The normalized spacial score (nSPS) is 19.0. The maximum absolute atomic E-state index is 3.72. The first kappa shape index (κ1) is 14.1. The predicted octanol–water partition coefficient (Wildman–Crippen LogP) is 3.57. The van der Waals surface area contributed by atoms with Gasteiger partial charge in [-0.25, -0.2) is 0 Å². The van der Waals surface area contributed by atoms with Crippen molar-refractivity contribution in [2.75, 3.05) is 24.5 Å². The van der Waals surface area contributed by atoms with E-state index in [4.69, 9.17) is 0 Å². The fourth-order valence-corrected chi connectivity index (χ4v) is 3.31. The lowest BCUT2D eigenvalue weighted by molar-refractivity contribution is 0.277. The van der Waals surface area contributed by atoms with E-state index in [2.05, 4.69) is 71.8 Å². The summed E-state index contributed by atoms with van der Waals surface area (Å²) in [4.78, 5) is 2.56. The van der Waals surface area contributed by atoms with Crippen molar-refractivity contribution < 1.29 is 0 Å². The van der Waals surface area contributed by atoms with Gasteiger partial charge in [-0.1, -0.05) is 19.9 Å². The zero-order valence-corrected chi connectivity index (χ0v) is 13.8. The van der Waals surface area contributed by atoms with Gasteiger partial charge < -0.3 is 10.2 Å². The minimum absolute atomic E-state index is 0.298. The Morgan fingerprint density at radius 1 is 1.33 bits per heavy atom. The second-order valence-electron chi connectivity index (χ2n) is 5.22. The zero-order valence-electron chi connectivity index (χ0n) is 11.6.